The summed E-state index contributed by atoms with van der Waals surface area (Å²) in [6, 6.07) is 0.324. The van der Waals surface area contributed by atoms with Gasteiger partial charge in [-0.3, -0.25) is 4.79 Å². The first-order chi connectivity index (χ1) is 7.34. The molecule has 3 N–H and O–H groups in total. The normalized spacial score (nSPS) is 13.6. The number of hydrogen-bond acceptors (Lipinski definition) is 3. The van der Waals surface area contributed by atoms with E-state index in [2.05, 4.69) is 9.73 Å². The molecule has 1 aromatic heterocycles. The van der Waals surface area contributed by atoms with Gasteiger partial charge in [0.2, 0.25) is 0 Å². The topological polar surface area (TPSA) is 68.3 Å². The second-order valence-corrected chi connectivity index (χ2v) is 3.31. The van der Waals surface area contributed by atoms with Crippen LogP contribution in [0, 0.1) is 0 Å². The predicted molar refractivity (Wildman–Crippen MR) is 49.7 cm³/mol. The molecule has 0 saturated carbocycles. The van der Waals surface area contributed by atoms with Crippen molar-refractivity contribution in [3.63, 3.8) is 0 Å². The summed E-state index contributed by atoms with van der Waals surface area (Å²) in [4.78, 5) is 11.3. The van der Waals surface area contributed by atoms with Crippen LogP contribution >= 0.6 is 0 Å². The van der Waals surface area contributed by atoms with Crippen LogP contribution in [0.1, 0.15) is 23.0 Å². The van der Waals surface area contributed by atoms with Gasteiger partial charge in [0.25, 0.3) is 5.91 Å². The summed E-state index contributed by atoms with van der Waals surface area (Å²) in [6.45, 7) is 1.82. The maximum atomic E-state index is 12.2. The Kier molecular flexibility index (Phi) is 3.58. The fraction of sp³-hybridized carbons (Fsp3) is 0.444. The van der Waals surface area contributed by atoms with E-state index in [1.165, 1.54) is 0 Å². The average molecular weight is 236 g/mol. The van der Waals surface area contributed by atoms with Crippen LogP contribution in [-0.4, -0.2) is 18.5 Å². The van der Waals surface area contributed by atoms with Crippen LogP contribution in [0.15, 0.2) is 16.7 Å². The Labute approximate surface area is 89.6 Å². The van der Waals surface area contributed by atoms with Crippen molar-refractivity contribution in [1.29, 1.82) is 0 Å². The van der Waals surface area contributed by atoms with E-state index in [1.807, 2.05) is 0 Å². The molecule has 7 heteroatoms. The summed E-state index contributed by atoms with van der Waals surface area (Å²) >= 11 is 0. The summed E-state index contributed by atoms with van der Waals surface area (Å²) in [5.74, 6) is -1.10. The smallest absolute Gasteiger partial charge is 0.419 e. The third-order valence-electron chi connectivity index (χ3n) is 1.88. The quantitative estimate of drug-likeness (QED) is 0.832. The number of carbonyl (C=O) groups is 1. The number of nitrogens with one attached hydrogen (secondary N) is 1. The van der Waals surface area contributed by atoms with Gasteiger partial charge in [-0.05, 0) is 6.92 Å². The van der Waals surface area contributed by atoms with Crippen molar-refractivity contribution in [2.24, 2.45) is 5.73 Å². The molecule has 1 rings (SSSR count). The van der Waals surface area contributed by atoms with E-state index in [9.17, 15) is 18.0 Å². The first-order valence-corrected chi connectivity index (χ1v) is 4.51. The molecule has 0 aromatic carbocycles. The first kappa shape index (κ1) is 12.6. The van der Waals surface area contributed by atoms with Crippen LogP contribution in [0.4, 0.5) is 13.2 Å². The van der Waals surface area contributed by atoms with Gasteiger partial charge in [-0.15, -0.1) is 0 Å². The minimum atomic E-state index is -4.51. The third kappa shape index (κ3) is 2.99. The molecular formula is C9H11F3N2O2. The minimum absolute atomic E-state index is 0.193. The number of rotatable bonds is 3. The third-order valence-corrected chi connectivity index (χ3v) is 1.88. The Bertz CT molecular complexity index is 373. The minimum Gasteiger partial charge on any atom is -0.459 e. The summed E-state index contributed by atoms with van der Waals surface area (Å²) in [5, 5.41) is 2.39. The molecule has 90 valence electrons. The van der Waals surface area contributed by atoms with Gasteiger partial charge < -0.3 is 15.5 Å². The fourth-order valence-corrected chi connectivity index (χ4v) is 0.958. The molecule has 0 spiro atoms. The Morgan fingerprint density at radius 1 is 1.62 bits per heavy atom. The van der Waals surface area contributed by atoms with Crippen LogP contribution in [0.3, 0.4) is 0 Å². The lowest BCUT2D eigenvalue weighted by atomic mass is 10.3. The van der Waals surface area contributed by atoms with Crippen LogP contribution in [0.25, 0.3) is 0 Å². The molecule has 0 radical (unpaired) electrons. The van der Waals surface area contributed by atoms with E-state index >= 15 is 0 Å². The molecule has 0 aliphatic rings. The van der Waals surface area contributed by atoms with Gasteiger partial charge in [0, 0.05) is 18.7 Å². The average Bonchev–Trinajstić information content (AvgIpc) is 2.65. The number of nitrogens with two attached hydrogens (primary N) is 1. The molecule has 0 aliphatic carbocycles. The summed E-state index contributed by atoms with van der Waals surface area (Å²) in [5.41, 5.74) is 4.26. The molecule has 0 bridgehead atoms. The maximum Gasteiger partial charge on any atom is 0.419 e. The number of hydrogen-bond donors (Lipinski definition) is 2. The van der Waals surface area contributed by atoms with E-state index < -0.39 is 17.6 Å². The molecule has 1 atom stereocenters. The highest BCUT2D eigenvalue weighted by atomic mass is 19.4. The number of amides is 1. The number of furan rings is 1. The second-order valence-electron chi connectivity index (χ2n) is 3.31. The monoisotopic (exact) mass is 236 g/mol. The van der Waals surface area contributed by atoms with Crippen molar-refractivity contribution in [3.05, 3.63) is 23.7 Å². The lowest BCUT2D eigenvalue weighted by molar-refractivity contribution is -0.137. The van der Waals surface area contributed by atoms with E-state index in [1.54, 1.807) is 6.92 Å². The van der Waals surface area contributed by atoms with Gasteiger partial charge in [0.15, 0.2) is 5.76 Å². The Morgan fingerprint density at radius 2 is 2.25 bits per heavy atom. The van der Waals surface area contributed by atoms with E-state index in [4.69, 9.17) is 5.73 Å². The molecule has 0 saturated heterocycles. The van der Waals surface area contributed by atoms with Crippen molar-refractivity contribution >= 4 is 5.91 Å². The van der Waals surface area contributed by atoms with Gasteiger partial charge in [0.1, 0.15) is 6.26 Å². The summed E-state index contributed by atoms with van der Waals surface area (Å²) in [7, 11) is 0. The molecule has 1 unspecified atom stereocenters. The maximum absolute atomic E-state index is 12.2. The van der Waals surface area contributed by atoms with Crippen molar-refractivity contribution in [1.82, 2.24) is 5.32 Å². The largest absolute Gasteiger partial charge is 0.459 e. The van der Waals surface area contributed by atoms with Crippen molar-refractivity contribution in [2.75, 3.05) is 6.54 Å². The highest BCUT2D eigenvalue weighted by molar-refractivity contribution is 5.91. The Balaban J connectivity index is 2.75. The zero-order valence-corrected chi connectivity index (χ0v) is 8.47. The van der Waals surface area contributed by atoms with E-state index in [0.717, 1.165) is 0 Å². The van der Waals surface area contributed by atoms with Crippen LogP contribution in [-0.2, 0) is 6.18 Å². The van der Waals surface area contributed by atoms with Crippen molar-refractivity contribution in [3.8, 4) is 0 Å². The standard InChI is InChI=1S/C9H11F3N2O2/c1-5(3-13)14-8(15)7-2-6(4-16-7)9(10,11)12/h2,4-5H,3,13H2,1H3,(H,14,15). The van der Waals surface area contributed by atoms with Crippen LogP contribution in [0.2, 0.25) is 0 Å². The second kappa shape index (κ2) is 4.56. The highest BCUT2D eigenvalue weighted by Gasteiger charge is 2.33. The highest BCUT2D eigenvalue weighted by Crippen LogP contribution is 2.30. The molecule has 1 heterocycles. The predicted octanol–water partition coefficient (Wildman–Crippen LogP) is 1.38. The van der Waals surface area contributed by atoms with Gasteiger partial charge in [-0.1, -0.05) is 0 Å². The molecule has 0 aliphatic heterocycles. The van der Waals surface area contributed by atoms with Gasteiger partial charge >= 0.3 is 6.18 Å². The van der Waals surface area contributed by atoms with E-state index in [-0.39, 0.29) is 18.3 Å². The summed E-state index contributed by atoms with van der Waals surface area (Å²) < 4.78 is 41.1. The molecule has 1 aromatic rings. The number of alkyl halides is 3. The van der Waals surface area contributed by atoms with Gasteiger partial charge in [0.05, 0.1) is 5.56 Å². The molecule has 0 fully saturated rings. The first-order valence-electron chi connectivity index (χ1n) is 4.51. The molecule has 4 nitrogen and oxygen atoms in total. The SMILES string of the molecule is CC(CN)NC(=O)c1cc(C(F)(F)F)co1. The summed E-state index contributed by atoms with van der Waals surface area (Å²) in [6.07, 6.45) is -4.01. The zero-order valence-electron chi connectivity index (χ0n) is 8.47. The number of carbonyl (C=O) groups excluding carboxylic acids is 1. The zero-order chi connectivity index (χ0) is 12.3. The Hall–Kier alpha value is -1.50. The van der Waals surface area contributed by atoms with Crippen LogP contribution in [0.5, 0.6) is 0 Å². The van der Waals surface area contributed by atoms with E-state index in [0.29, 0.717) is 12.3 Å². The molecule has 1 amide bonds. The lowest BCUT2D eigenvalue weighted by Gasteiger charge is -2.08. The van der Waals surface area contributed by atoms with Crippen molar-refractivity contribution in [2.45, 2.75) is 19.1 Å². The van der Waals surface area contributed by atoms with Crippen LogP contribution < -0.4 is 11.1 Å². The lowest BCUT2D eigenvalue weighted by Crippen LogP contribution is -2.37. The number of halogens is 3. The van der Waals surface area contributed by atoms with Gasteiger partial charge in [-0.25, -0.2) is 0 Å². The Morgan fingerprint density at radius 3 is 2.69 bits per heavy atom. The fourth-order valence-electron chi connectivity index (χ4n) is 0.958. The van der Waals surface area contributed by atoms with Gasteiger partial charge in [-0.2, -0.15) is 13.2 Å². The molecule has 16 heavy (non-hydrogen) atoms. The van der Waals surface area contributed by atoms with Crippen molar-refractivity contribution < 1.29 is 22.4 Å². The molecular weight excluding hydrogens is 225 g/mol.